The van der Waals surface area contributed by atoms with Crippen molar-refractivity contribution in [3.05, 3.63) is 157 Å². The maximum Gasteiger partial charge on any atom is 0.340 e. The van der Waals surface area contributed by atoms with Crippen LogP contribution in [0, 0.1) is 23.7 Å². The average Bonchev–Trinajstić information content (AvgIpc) is 3.94. The fourth-order valence-electron chi connectivity index (χ4n) is 13.0. The van der Waals surface area contributed by atoms with Crippen LogP contribution in [0.25, 0.3) is 11.0 Å². The Morgan fingerprint density at radius 1 is 0.875 bits per heavy atom. The first-order valence-electron chi connectivity index (χ1n) is 26.0. The molecule has 11 heteroatoms. The van der Waals surface area contributed by atoms with E-state index in [1.165, 1.54) is 29.4 Å². The maximum absolute atomic E-state index is 15.4. The van der Waals surface area contributed by atoms with Crippen molar-refractivity contribution < 1.29 is 48.3 Å². The Balaban J connectivity index is 1.16. The Morgan fingerprint density at radius 3 is 2.47 bits per heavy atom. The summed E-state index contributed by atoms with van der Waals surface area (Å²) in [6.45, 7) is 0.696. The van der Waals surface area contributed by atoms with Crippen LogP contribution in [-0.4, -0.2) is 65.9 Å². The number of carbonyl (C=O) groups excluding carboxylic acids is 2. The third kappa shape index (κ3) is 9.67. The summed E-state index contributed by atoms with van der Waals surface area (Å²) in [7, 11) is 1.51. The number of aliphatic hydroxyl groups is 3. The number of benzene rings is 4. The molecule has 4 heterocycles. The van der Waals surface area contributed by atoms with Crippen LogP contribution in [0.2, 0.25) is 0 Å². The van der Waals surface area contributed by atoms with Crippen LogP contribution >= 0.6 is 0 Å². The summed E-state index contributed by atoms with van der Waals surface area (Å²) in [4.78, 5) is 44.9. The van der Waals surface area contributed by atoms with Gasteiger partial charge in [-0.2, -0.15) is 0 Å². The molecule has 0 saturated heterocycles. The van der Waals surface area contributed by atoms with Crippen LogP contribution in [0.3, 0.4) is 0 Å². The highest BCUT2D eigenvalue weighted by atomic mass is 16.6. The van der Waals surface area contributed by atoms with Gasteiger partial charge in [0.25, 0.3) is 0 Å². The SMILES string of the molecule is COCC(CCO)c1c(CO)c2ccc3c(c2oc1=O)C1OC(=O)CC2CC(c4cccc(Cc5ccccc5)c4)CCC2c2ccc4cc2CC#CCC(C2CCCC2)(O3)C1OC(=O)C(=C(C)CO)CC4. The molecule has 1 aromatic heterocycles. The molecule has 4 aromatic carbocycles. The fourth-order valence-corrected chi connectivity index (χ4v) is 13.0. The summed E-state index contributed by atoms with van der Waals surface area (Å²) >= 11 is 0. The molecule has 11 nitrogen and oxygen atoms in total. The second-order valence-electron chi connectivity index (χ2n) is 20.9. The maximum atomic E-state index is 15.4. The van der Waals surface area contributed by atoms with E-state index >= 15 is 9.59 Å². The molecule has 376 valence electrons. The fraction of sp³-hybridized carbons (Fsp3) is 0.459. The van der Waals surface area contributed by atoms with Gasteiger partial charge in [0.2, 0.25) is 0 Å². The van der Waals surface area contributed by atoms with Gasteiger partial charge in [-0.3, -0.25) is 4.79 Å². The van der Waals surface area contributed by atoms with Crippen LogP contribution in [0.1, 0.15) is 151 Å². The predicted molar refractivity (Wildman–Crippen MR) is 273 cm³/mol. The average molecular weight is 975 g/mol. The van der Waals surface area contributed by atoms with Gasteiger partial charge in [-0.25, -0.2) is 9.59 Å². The Kier molecular flexibility index (Phi) is 14.9. The molecule has 3 N–H and O–H groups in total. The number of esters is 2. The van der Waals surface area contributed by atoms with Gasteiger partial charge >= 0.3 is 17.6 Å². The molecule has 2 aliphatic carbocycles. The topological polar surface area (TPSA) is 162 Å². The van der Waals surface area contributed by atoms with E-state index in [0.717, 1.165) is 62.5 Å². The molecule has 7 atom stereocenters. The summed E-state index contributed by atoms with van der Waals surface area (Å²) in [6, 6.07) is 29.4. The molecule has 0 radical (unpaired) electrons. The van der Waals surface area contributed by atoms with Gasteiger partial charge in [0.15, 0.2) is 17.8 Å². The van der Waals surface area contributed by atoms with E-state index in [2.05, 4.69) is 78.6 Å². The molecule has 0 spiro atoms. The first kappa shape index (κ1) is 49.5. The lowest BCUT2D eigenvalue weighted by molar-refractivity contribution is -0.201. The van der Waals surface area contributed by atoms with Gasteiger partial charge < -0.3 is 38.7 Å². The molecule has 5 bridgehead atoms. The molecule has 2 fully saturated rings. The van der Waals surface area contributed by atoms with Gasteiger partial charge in [-0.15, -0.1) is 0 Å². The number of aliphatic hydroxyl groups excluding tert-OH is 3. The normalized spacial score (nSPS) is 25.4. The Hall–Kier alpha value is -6.03. The second-order valence-corrected chi connectivity index (χ2v) is 20.9. The zero-order valence-corrected chi connectivity index (χ0v) is 41.5. The van der Waals surface area contributed by atoms with Crippen LogP contribution < -0.4 is 10.4 Å². The van der Waals surface area contributed by atoms with Gasteiger partial charge in [-0.1, -0.05) is 97.5 Å². The predicted octanol–water partition coefficient (Wildman–Crippen LogP) is 9.77. The molecule has 7 unspecified atom stereocenters. The minimum atomic E-state index is -1.34. The van der Waals surface area contributed by atoms with Gasteiger partial charge in [0.1, 0.15) is 11.3 Å². The van der Waals surface area contributed by atoms with E-state index in [1.54, 1.807) is 19.1 Å². The van der Waals surface area contributed by atoms with Crippen LogP contribution in [0.15, 0.2) is 105 Å². The van der Waals surface area contributed by atoms with Crippen molar-refractivity contribution in [3.8, 4) is 17.6 Å². The lowest BCUT2D eigenvalue weighted by Gasteiger charge is -2.49. The van der Waals surface area contributed by atoms with Crippen LogP contribution in [0.4, 0.5) is 0 Å². The molecular formula is C61H66O11. The number of aryl methyl sites for hydroxylation is 1. The lowest BCUT2D eigenvalue weighted by atomic mass is 9.67. The first-order chi connectivity index (χ1) is 35.1. The molecule has 0 amide bonds. The quantitative estimate of drug-likeness (QED) is 0.0500. The number of ether oxygens (including phenoxy) is 4. The highest BCUT2D eigenvalue weighted by molar-refractivity contribution is 5.90. The van der Waals surface area contributed by atoms with Gasteiger partial charge in [0.05, 0.1) is 31.8 Å². The minimum Gasteiger partial charge on any atom is -0.481 e. The zero-order chi connectivity index (χ0) is 49.9. The van der Waals surface area contributed by atoms with Crippen molar-refractivity contribution in [2.75, 3.05) is 26.9 Å². The van der Waals surface area contributed by atoms with Gasteiger partial charge in [-0.05, 0) is 139 Å². The lowest BCUT2D eigenvalue weighted by Crippen LogP contribution is -2.60. The van der Waals surface area contributed by atoms with Crippen molar-refractivity contribution in [2.24, 2.45) is 11.8 Å². The van der Waals surface area contributed by atoms with Gasteiger partial charge in [0, 0.05) is 54.9 Å². The van der Waals surface area contributed by atoms with Crippen LogP contribution in [0.5, 0.6) is 5.75 Å². The summed E-state index contributed by atoms with van der Waals surface area (Å²) in [6.07, 6.45) is 5.74. The summed E-state index contributed by atoms with van der Waals surface area (Å²) in [5.74, 6) is 5.57. The Bertz CT molecular complexity index is 2970. The molecule has 3 aliphatic heterocycles. The van der Waals surface area contributed by atoms with Crippen molar-refractivity contribution in [1.29, 1.82) is 0 Å². The van der Waals surface area contributed by atoms with Crippen molar-refractivity contribution in [3.63, 3.8) is 0 Å². The summed E-state index contributed by atoms with van der Waals surface area (Å²) < 4.78 is 33.0. The Labute approximate surface area is 421 Å². The van der Waals surface area contributed by atoms with E-state index in [9.17, 15) is 20.1 Å². The number of carbonyl (C=O) groups is 2. The van der Waals surface area contributed by atoms with Crippen LogP contribution in [-0.2, 0) is 49.7 Å². The van der Waals surface area contributed by atoms with E-state index in [-0.39, 0.29) is 85.9 Å². The molecular weight excluding hydrogens is 909 g/mol. The number of fused-ring (bicyclic) bond motifs is 9. The molecule has 72 heavy (non-hydrogen) atoms. The number of rotatable bonds is 11. The molecule has 2 saturated carbocycles. The van der Waals surface area contributed by atoms with Crippen molar-refractivity contribution in [2.45, 2.75) is 139 Å². The minimum absolute atomic E-state index is 0.0200. The number of methoxy groups -OCH3 is 1. The highest BCUT2D eigenvalue weighted by Crippen LogP contribution is 2.55. The molecule has 10 rings (SSSR count). The standard InChI is InChI=1S/C61H66O11/c1-37(34-63)47-21-18-39-19-22-48-43(30-39)14-8-9-27-61(46-16-6-7-17-46)58(71-59(47)66)57(55-52(72-61)25-24-50-51(35-64)54(60(67)70-56(50)55)44(26-28-62)36-68-2)69-53(65)33-45-32-42(20-23-49(45)48)41-15-10-13-40(31-41)29-38-11-4-3-5-12-38/h3-5,10-13,15,19,22,24-25,30-31,42,44-46,49,57-58,62-64H,6-7,14,16-18,20-21,23,26-29,32-36H2,1-2H3. The van der Waals surface area contributed by atoms with E-state index in [0.29, 0.717) is 40.7 Å². The van der Waals surface area contributed by atoms with E-state index in [1.807, 2.05) is 6.07 Å². The third-order valence-corrected chi connectivity index (χ3v) is 16.6. The molecule has 5 aliphatic rings. The molecule has 5 aromatic rings. The second kappa shape index (κ2) is 21.6. The van der Waals surface area contributed by atoms with E-state index in [4.69, 9.17) is 23.4 Å². The van der Waals surface area contributed by atoms with Crippen molar-refractivity contribution in [1.82, 2.24) is 0 Å². The van der Waals surface area contributed by atoms with Crippen molar-refractivity contribution >= 4 is 22.9 Å². The monoisotopic (exact) mass is 974 g/mol. The number of hydrogen-bond donors (Lipinski definition) is 3. The van der Waals surface area contributed by atoms with E-state index < -0.39 is 47.9 Å². The zero-order valence-electron chi connectivity index (χ0n) is 41.5. The number of hydrogen-bond acceptors (Lipinski definition) is 11. The third-order valence-electron chi connectivity index (χ3n) is 16.6. The first-order valence-corrected chi connectivity index (χ1v) is 26.0. The summed E-state index contributed by atoms with van der Waals surface area (Å²) in [5.41, 5.74) is 6.55. The highest BCUT2D eigenvalue weighted by Gasteiger charge is 2.59. The largest absolute Gasteiger partial charge is 0.481 e. The smallest absolute Gasteiger partial charge is 0.340 e. The Morgan fingerprint density at radius 2 is 1.69 bits per heavy atom. The summed E-state index contributed by atoms with van der Waals surface area (Å²) in [5, 5.41) is 32.1.